The fraction of sp³-hybridized carbons (Fsp3) is 0.929. The summed E-state index contributed by atoms with van der Waals surface area (Å²) in [5, 5.41) is 5.58. The van der Waals surface area contributed by atoms with Crippen LogP contribution >= 0.6 is 12.4 Å². The number of rotatable bonds is 2. The van der Waals surface area contributed by atoms with Gasteiger partial charge in [-0.05, 0) is 12.8 Å². The van der Waals surface area contributed by atoms with Crippen LogP contribution in [0.25, 0.3) is 0 Å². The van der Waals surface area contributed by atoms with Crippen LogP contribution in [-0.4, -0.2) is 43.2 Å². The highest BCUT2D eigenvalue weighted by Gasteiger charge is 2.58. The van der Waals surface area contributed by atoms with Crippen molar-refractivity contribution >= 4 is 18.3 Å². The van der Waals surface area contributed by atoms with Crippen molar-refractivity contribution in [2.45, 2.75) is 57.2 Å². The zero-order valence-electron chi connectivity index (χ0n) is 12.3. The van der Waals surface area contributed by atoms with Gasteiger partial charge in [-0.3, -0.25) is 10.1 Å². The molecule has 0 aromatic heterocycles. The van der Waals surface area contributed by atoms with Gasteiger partial charge in [0.2, 0.25) is 5.91 Å². The quantitative estimate of drug-likeness (QED) is 0.813. The molecule has 122 valence electrons. The van der Waals surface area contributed by atoms with Crippen molar-refractivity contribution in [1.82, 2.24) is 10.6 Å². The minimum absolute atomic E-state index is 0. The molecule has 0 radical (unpaired) electrons. The normalized spacial score (nSPS) is 39.6. The van der Waals surface area contributed by atoms with Gasteiger partial charge in [0.15, 0.2) is 0 Å². The molecule has 4 unspecified atom stereocenters. The summed E-state index contributed by atoms with van der Waals surface area (Å²) in [6.07, 6.45) is 1.81. The van der Waals surface area contributed by atoms with Gasteiger partial charge in [-0.1, -0.05) is 13.8 Å². The molecule has 0 aromatic rings. The number of alkyl halides is 2. The van der Waals surface area contributed by atoms with E-state index in [9.17, 15) is 13.6 Å². The van der Waals surface area contributed by atoms with E-state index < -0.39 is 24.9 Å². The summed E-state index contributed by atoms with van der Waals surface area (Å²) >= 11 is 0. The van der Waals surface area contributed by atoms with Crippen molar-refractivity contribution in [2.24, 2.45) is 11.3 Å². The molecular weight excluding hydrogens is 302 g/mol. The highest BCUT2D eigenvalue weighted by molar-refractivity contribution is 5.85. The lowest BCUT2D eigenvalue weighted by atomic mass is 9.55. The van der Waals surface area contributed by atoms with Gasteiger partial charge in [0.25, 0.3) is 5.92 Å². The van der Waals surface area contributed by atoms with Crippen LogP contribution in [0.4, 0.5) is 8.78 Å². The van der Waals surface area contributed by atoms with E-state index >= 15 is 0 Å². The van der Waals surface area contributed by atoms with Gasteiger partial charge < -0.3 is 10.1 Å². The van der Waals surface area contributed by atoms with Crippen molar-refractivity contribution in [1.29, 1.82) is 0 Å². The van der Waals surface area contributed by atoms with Crippen LogP contribution in [-0.2, 0) is 9.53 Å². The van der Waals surface area contributed by atoms with E-state index in [0.717, 1.165) is 19.4 Å². The van der Waals surface area contributed by atoms with Crippen LogP contribution in [0, 0.1) is 11.3 Å². The lowest BCUT2D eigenvalue weighted by Crippen LogP contribution is -2.71. The Morgan fingerprint density at radius 2 is 2.10 bits per heavy atom. The molecule has 2 N–H and O–H groups in total. The smallest absolute Gasteiger partial charge is 0.262 e. The van der Waals surface area contributed by atoms with Crippen molar-refractivity contribution in [2.75, 3.05) is 13.2 Å². The Hall–Kier alpha value is -0.460. The molecule has 7 heteroatoms. The Morgan fingerprint density at radius 3 is 2.71 bits per heavy atom. The molecule has 1 aliphatic carbocycles. The molecule has 1 saturated carbocycles. The van der Waals surface area contributed by atoms with E-state index in [2.05, 4.69) is 24.5 Å². The molecule has 0 aromatic carbocycles. The average Bonchev–Trinajstić information content (AvgIpc) is 2.76. The Balaban J connectivity index is 0.00000161. The zero-order valence-corrected chi connectivity index (χ0v) is 13.1. The van der Waals surface area contributed by atoms with E-state index in [1.165, 1.54) is 0 Å². The number of hydrogen-bond donors (Lipinski definition) is 2. The second-order valence-corrected chi connectivity index (χ2v) is 6.90. The third kappa shape index (κ3) is 2.90. The van der Waals surface area contributed by atoms with Crippen LogP contribution in [0.5, 0.6) is 0 Å². The minimum Gasteiger partial charge on any atom is -0.377 e. The van der Waals surface area contributed by atoms with E-state index in [0.29, 0.717) is 5.92 Å². The number of hydrogen-bond acceptors (Lipinski definition) is 3. The summed E-state index contributed by atoms with van der Waals surface area (Å²) in [6, 6.07) is -0.749. The maximum Gasteiger partial charge on any atom is 0.262 e. The second kappa shape index (κ2) is 5.63. The van der Waals surface area contributed by atoms with E-state index in [1.54, 1.807) is 0 Å². The Bertz CT molecular complexity index is 420. The third-order valence-corrected chi connectivity index (χ3v) is 5.06. The third-order valence-electron chi connectivity index (χ3n) is 5.06. The minimum atomic E-state index is -2.77. The summed E-state index contributed by atoms with van der Waals surface area (Å²) < 4.78 is 32.1. The first-order chi connectivity index (χ1) is 9.31. The van der Waals surface area contributed by atoms with Gasteiger partial charge in [0, 0.05) is 30.4 Å². The summed E-state index contributed by atoms with van der Waals surface area (Å²) in [7, 11) is 0. The monoisotopic (exact) mass is 324 g/mol. The largest absolute Gasteiger partial charge is 0.377 e. The first-order valence-electron chi connectivity index (χ1n) is 7.34. The summed E-state index contributed by atoms with van der Waals surface area (Å²) in [5.74, 6) is -2.75. The van der Waals surface area contributed by atoms with Crippen LogP contribution in [0.1, 0.15) is 33.1 Å². The van der Waals surface area contributed by atoms with E-state index in [1.807, 2.05) is 0 Å². The van der Waals surface area contributed by atoms with Gasteiger partial charge >= 0.3 is 0 Å². The van der Waals surface area contributed by atoms with Gasteiger partial charge in [-0.15, -0.1) is 12.4 Å². The number of carbonyl (C=O) groups excluding carboxylic acids is 1. The molecule has 0 spiro atoms. The summed E-state index contributed by atoms with van der Waals surface area (Å²) in [6.45, 7) is 4.51. The number of nitrogens with one attached hydrogen (secondary N) is 2. The molecule has 2 aliphatic heterocycles. The van der Waals surface area contributed by atoms with Crippen LogP contribution in [0.3, 0.4) is 0 Å². The molecule has 3 fully saturated rings. The van der Waals surface area contributed by atoms with Crippen molar-refractivity contribution in [3.05, 3.63) is 0 Å². The summed E-state index contributed by atoms with van der Waals surface area (Å²) in [4.78, 5) is 12.2. The summed E-state index contributed by atoms with van der Waals surface area (Å²) in [5.41, 5.74) is -0.123. The van der Waals surface area contributed by atoms with Crippen LogP contribution in [0.2, 0.25) is 0 Å². The van der Waals surface area contributed by atoms with E-state index in [4.69, 9.17) is 4.74 Å². The lowest BCUT2D eigenvalue weighted by molar-refractivity contribution is -0.194. The SMILES string of the molecule is CC1(C)C(NC(=O)C2CC(F)(F)CN2)C2CCCOC21.Cl. The number of carbonyl (C=O) groups is 1. The standard InChI is InChI=1S/C14H22F2N2O2.ClH/c1-13(2)10(8-4-3-5-20-11(8)13)18-12(19)9-6-14(15,16)7-17-9;/h8-11,17H,3-7H2,1-2H3,(H,18,19);1H. The number of ether oxygens (including phenoxy) is 1. The molecule has 2 heterocycles. The Kier molecular flexibility index (Phi) is 4.53. The van der Waals surface area contributed by atoms with Gasteiger partial charge in [0.05, 0.1) is 18.7 Å². The fourth-order valence-electron chi connectivity index (χ4n) is 3.97. The second-order valence-electron chi connectivity index (χ2n) is 6.90. The van der Waals surface area contributed by atoms with Gasteiger partial charge in [-0.2, -0.15) is 0 Å². The van der Waals surface area contributed by atoms with Crippen molar-refractivity contribution in [3.8, 4) is 0 Å². The number of halogens is 3. The fourth-order valence-corrected chi connectivity index (χ4v) is 3.97. The molecule has 3 rings (SSSR count). The number of fused-ring (bicyclic) bond motifs is 1. The highest BCUT2D eigenvalue weighted by Crippen LogP contribution is 2.51. The molecule has 2 saturated heterocycles. The highest BCUT2D eigenvalue weighted by atomic mass is 35.5. The molecule has 4 atom stereocenters. The predicted molar refractivity (Wildman–Crippen MR) is 76.8 cm³/mol. The van der Waals surface area contributed by atoms with Gasteiger partial charge in [-0.25, -0.2) is 8.78 Å². The van der Waals surface area contributed by atoms with Crippen LogP contribution < -0.4 is 10.6 Å². The lowest BCUT2D eigenvalue weighted by Gasteiger charge is -2.60. The maximum absolute atomic E-state index is 13.1. The predicted octanol–water partition coefficient (Wildman–Crippen LogP) is 1.73. The van der Waals surface area contributed by atoms with Crippen molar-refractivity contribution in [3.63, 3.8) is 0 Å². The Labute approximate surface area is 129 Å². The first kappa shape index (κ1) is 16.9. The first-order valence-corrected chi connectivity index (χ1v) is 7.34. The molecule has 4 nitrogen and oxygen atoms in total. The van der Waals surface area contributed by atoms with Crippen LogP contribution in [0.15, 0.2) is 0 Å². The molecular formula is C14H23ClF2N2O2. The topological polar surface area (TPSA) is 50.4 Å². The van der Waals surface area contributed by atoms with Gasteiger partial charge in [0.1, 0.15) is 0 Å². The average molecular weight is 325 g/mol. The molecule has 0 bridgehead atoms. The Morgan fingerprint density at radius 1 is 1.38 bits per heavy atom. The molecule has 3 aliphatic rings. The number of amides is 1. The zero-order chi connectivity index (χ0) is 14.5. The molecule has 21 heavy (non-hydrogen) atoms. The maximum atomic E-state index is 13.1. The van der Waals surface area contributed by atoms with Crippen molar-refractivity contribution < 1.29 is 18.3 Å². The molecule has 1 amide bonds. The van der Waals surface area contributed by atoms with E-state index in [-0.39, 0.29) is 35.9 Å².